The van der Waals surface area contributed by atoms with Crippen LogP contribution < -0.4 is 15.3 Å². The predicted molar refractivity (Wildman–Crippen MR) is 251 cm³/mol. The summed E-state index contributed by atoms with van der Waals surface area (Å²) in [6.45, 7) is 6.85. The van der Waals surface area contributed by atoms with E-state index in [9.17, 15) is 0 Å². The number of benzene rings is 8. The molecule has 1 heterocycles. The zero-order valence-electron chi connectivity index (χ0n) is 33.2. The molecule has 0 amide bonds. The Labute approximate surface area is 345 Å². The molecule has 0 saturated heterocycles. The van der Waals surface area contributed by atoms with Gasteiger partial charge in [0, 0.05) is 42.4 Å². The average molecular weight is 764 g/mol. The van der Waals surface area contributed by atoms with E-state index in [4.69, 9.17) is 0 Å². The van der Waals surface area contributed by atoms with E-state index in [1.807, 2.05) is 11.3 Å². The van der Waals surface area contributed by atoms with Crippen LogP contribution in [0.3, 0.4) is 0 Å². The highest BCUT2D eigenvalue weighted by Crippen LogP contribution is 2.49. The molecule has 0 radical (unpaired) electrons. The molecule has 0 aliphatic heterocycles. The van der Waals surface area contributed by atoms with Gasteiger partial charge in [-0.25, -0.2) is 0 Å². The quantitative estimate of drug-likeness (QED) is 0.156. The van der Waals surface area contributed by atoms with Crippen LogP contribution in [0.4, 0.5) is 17.1 Å². The molecule has 8 aromatic carbocycles. The molecule has 0 N–H and O–H groups in total. The minimum atomic E-state index is 0.0686. The number of hydrogen-bond acceptors (Lipinski definition) is 2. The van der Waals surface area contributed by atoms with E-state index >= 15 is 0 Å². The van der Waals surface area contributed by atoms with Crippen LogP contribution >= 0.6 is 11.3 Å². The molecule has 1 nitrogen and oxygen atoms in total. The summed E-state index contributed by atoms with van der Waals surface area (Å²) in [5.74, 6) is 0. The first-order chi connectivity index (χ1) is 28.4. The summed E-state index contributed by atoms with van der Waals surface area (Å²) in [6.07, 6.45) is 4.37. The third-order valence-corrected chi connectivity index (χ3v) is 13.0. The van der Waals surface area contributed by atoms with Crippen molar-refractivity contribution >= 4 is 60.2 Å². The van der Waals surface area contributed by atoms with Crippen molar-refractivity contribution in [1.29, 1.82) is 0 Å². The maximum atomic E-state index is 2.56. The molecule has 58 heavy (non-hydrogen) atoms. The fourth-order valence-electron chi connectivity index (χ4n) is 8.93. The summed E-state index contributed by atoms with van der Waals surface area (Å²) in [5.41, 5.74) is 14.9. The van der Waals surface area contributed by atoms with Crippen molar-refractivity contribution in [3.63, 3.8) is 0 Å². The SMILES string of the molecule is CC(C)(C)c1ccc(-c2ccccc2N(c2ccccc2C2=c3c(-c4ccccc4)cccc3=CCC2)c2ccccc2-c2cccc3c2sc2ccccc23)cc1. The Hall–Kier alpha value is -6.48. The van der Waals surface area contributed by atoms with E-state index in [2.05, 4.69) is 220 Å². The fourth-order valence-corrected chi connectivity index (χ4v) is 10.2. The second kappa shape index (κ2) is 14.8. The minimum Gasteiger partial charge on any atom is -0.309 e. The zero-order chi connectivity index (χ0) is 39.2. The first kappa shape index (κ1) is 35.9. The van der Waals surface area contributed by atoms with E-state index in [1.165, 1.54) is 86.4 Å². The van der Waals surface area contributed by atoms with Crippen molar-refractivity contribution in [3.8, 4) is 33.4 Å². The third-order valence-electron chi connectivity index (χ3n) is 11.8. The zero-order valence-corrected chi connectivity index (χ0v) is 34.1. The average Bonchev–Trinajstić information content (AvgIpc) is 3.66. The number of thiophene rings is 1. The van der Waals surface area contributed by atoms with Crippen molar-refractivity contribution in [2.45, 2.75) is 39.0 Å². The van der Waals surface area contributed by atoms with Gasteiger partial charge in [0.1, 0.15) is 0 Å². The Morgan fingerprint density at radius 2 is 1.00 bits per heavy atom. The van der Waals surface area contributed by atoms with E-state index in [1.54, 1.807) is 0 Å². The van der Waals surface area contributed by atoms with Gasteiger partial charge in [0.2, 0.25) is 0 Å². The van der Waals surface area contributed by atoms with Crippen molar-refractivity contribution in [1.82, 2.24) is 0 Å². The van der Waals surface area contributed by atoms with Crippen LogP contribution in [0.5, 0.6) is 0 Å². The van der Waals surface area contributed by atoms with Crippen molar-refractivity contribution in [2.75, 3.05) is 4.90 Å². The topological polar surface area (TPSA) is 3.24 Å². The fraction of sp³-hybridized carbons (Fsp3) is 0.107. The predicted octanol–water partition coefficient (Wildman–Crippen LogP) is 14.6. The summed E-state index contributed by atoms with van der Waals surface area (Å²) in [7, 11) is 0. The molecule has 0 saturated carbocycles. The van der Waals surface area contributed by atoms with Gasteiger partial charge in [0.05, 0.1) is 17.1 Å². The molecule has 0 atom stereocenters. The number of fused-ring (bicyclic) bond motifs is 4. The Morgan fingerprint density at radius 3 is 1.76 bits per heavy atom. The second-order valence-electron chi connectivity index (χ2n) is 16.4. The van der Waals surface area contributed by atoms with Gasteiger partial charge in [-0.15, -0.1) is 11.3 Å². The Morgan fingerprint density at radius 1 is 0.448 bits per heavy atom. The number of nitrogens with zero attached hydrogens (tertiary/aromatic N) is 1. The number of hydrogen-bond donors (Lipinski definition) is 0. The molecule has 0 bridgehead atoms. The van der Waals surface area contributed by atoms with Gasteiger partial charge in [-0.05, 0) is 80.8 Å². The smallest absolute Gasteiger partial charge is 0.0541 e. The van der Waals surface area contributed by atoms with Gasteiger partial charge >= 0.3 is 0 Å². The number of para-hydroxylation sites is 3. The van der Waals surface area contributed by atoms with Crippen LogP contribution in [0.15, 0.2) is 188 Å². The summed E-state index contributed by atoms with van der Waals surface area (Å²) in [5, 5.41) is 5.26. The summed E-state index contributed by atoms with van der Waals surface area (Å²) in [4.78, 5) is 2.56. The lowest BCUT2D eigenvalue weighted by Crippen LogP contribution is -2.32. The van der Waals surface area contributed by atoms with Gasteiger partial charge in [0.15, 0.2) is 0 Å². The molecule has 1 aliphatic carbocycles. The summed E-state index contributed by atoms with van der Waals surface area (Å²) in [6, 6.07) is 69.7. The lowest BCUT2D eigenvalue weighted by Gasteiger charge is -2.32. The van der Waals surface area contributed by atoms with Crippen LogP contribution in [-0.2, 0) is 5.41 Å². The molecule has 0 unspecified atom stereocenters. The van der Waals surface area contributed by atoms with Crippen LogP contribution in [0.2, 0.25) is 0 Å². The highest BCUT2D eigenvalue weighted by Gasteiger charge is 2.26. The molecular formula is C56H45NS. The van der Waals surface area contributed by atoms with Gasteiger partial charge in [0.25, 0.3) is 0 Å². The summed E-state index contributed by atoms with van der Waals surface area (Å²) < 4.78 is 2.63. The van der Waals surface area contributed by atoms with Gasteiger partial charge in [-0.2, -0.15) is 0 Å². The van der Waals surface area contributed by atoms with Gasteiger partial charge < -0.3 is 4.90 Å². The minimum absolute atomic E-state index is 0.0686. The molecule has 10 rings (SSSR count). The Bertz CT molecular complexity index is 3090. The number of rotatable bonds is 7. The Kier molecular flexibility index (Phi) is 9.16. The largest absolute Gasteiger partial charge is 0.309 e. The normalized spacial score (nSPS) is 12.7. The molecular weight excluding hydrogens is 719 g/mol. The molecule has 9 aromatic rings. The maximum Gasteiger partial charge on any atom is 0.0541 e. The molecule has 0 fully saturated rings. The standard InChI is InChI=1S/C56H45NS/c1-56(2,3)41-36-34-39(35-37-41)42-22-7-11-30-50(42)57(52-32-13-9-24-45(52)48-28-17-29-49-46-25-10-14-33-53(46)58-55(48)49)51-31-12-8-23-44(51)47-27-16-21-40-20-15-26-43(54(40)47)38-18-5-4-6-19-38/h4-15,17-26,28-37H,16,27H2,1-3H3. The summed E-state index contributed by atoms with van der Waals surface area (Å²) >= 11 is 1.89. The molecule has 1 aliphatic rings. The van der Waals surface area contributed by atoms with Gasteiger partial charge in [-0.3, -0.25) is 0 Å². The number of anilines is 3. The van der Waals surface area contributed by atoms with Crippen LogP contribution in [-0.4, -0.2) is 0 Å². The van der Waals surface area contributed by atoms with E-state index < -0.39 is 0 Å². The van der Waals surface area contributed by atoms with E-state index in [0.717, 1.165) is 24.2 Å². The first-order valence-corrected chi connectivity index (χ1v) is 21.2. The highest BCUT2D eigenvalue weighted by molar-refractivity contribution is 7.26. The van der Waals surface area contributed by atoms with Crippen LogP contribution in [0.1, 0.15) is 44.7 Å². The lowest BCUT2D eigenvalue weighted by atomic mass is 9.86. The Balaban J connectivity index is 1.27. The third kappa shape index (κ3) is 6.35. The first-order valence-electron chi connectivity index (χ1n) is 20.4. The highest BCUT2D eigenvalue weighted by atomic mass is 32.1. The van der Waals surface area contributed by atoms with Crippen molar-refractivity contribution in [2.24, 2.45) is 0 Å². The molecule has 0 spiro atoms. The van der Waals surface area contributed by atoms with Crippen LogP contribution in [0.25, 0.3) is 65.2 Å². The second-order valence-corrected chi connectivity index (χ2v) is 17.4. The molecule has 2 heteroatoms. The van der Waals surface area contributed by atoms with Crippen molar-refractivity contribution < 1.29 is 0 Å². The van der Waals surface area contributed by atoms with Crippen LogP contribution in [0, 0.1) is 0 Å². The molecule has 280 valence electrons. The maximum absolute atomic E-state index is 2.56. The monoisotopic (exact) mass is 763 g/mol. The van der Waals surface area contributed by atoms with Gasteiger partial charge in [-0.1, -0.05) is 191 Å². The lowest BCUT2D eigenvalue weighted by molar-refractivity contribution is 0.590. The van der Waals surface area contributed by atoms with E-state index in [-0.39, 0.29) is 5.41 Å². The van der Waals surface area contributed by atoms with Crippen molar-refractivity contribution in [3.05, 3.63) is 210 Å². The van der Waals surface area contributed by atoms with E-state index in [0.29, 0.717) is 0 Å². The molecule has 1 aromatic heterocycles.